The van der Waals surface area contributed by atoms with Crippen molar-refractivity contribution >= 4 is 40.6 Å². The number of nitrogens with zero attached hydrogens (tertiary/aromatic N) is 1. The lowest BCUT2D eigenvalue weighted by Crippen LogP contribution is -2.18. The van der Waals surface area contributed by atoms with Crippen LogP contribution in [0.1, 0.15) is 0 Å². The zero-order valence-corrected chi connectivity index (χ0v) is 12.1. The number of nitrogen functional groups attached to an aromatic ring is 1. The van der Waals surface area contributed by atoms with Crippen LogP contribution in [-0.2, 0) is 4.79 Å². The number of nitrogens with one attached hydrogen (secondary N) is 1. The molecule has 100 valence electrons. The highest BCUT2D eigenvalue weighted by atomic mass is 35.5. The van der Waals surface area contributed by atoms with Crippen molar-refractivity contribution in [3.63, 3.8) is 0 Å². The lowest BCUT2D eigenvalue weighted by Gasteiger charge is -2.09. The first-order valence-corrected chi connectivity index (χ1v) is 7.09. The largest absolute Gasteiger partial charge is 0.397 e. The summed E-state index contributed by atoms with van der Waals surface area (Å²) >= 11 is 7.41. The zero-order valence-electron chi connectivity index (χ0n) is 10.6. The summed E-state index contributed by atoms with van der Waals surface area (Å²) in [4.78, 5) is 13.7. The lowest BCUT2D eigenvalue weighted by atomic mass is 10.3. The second kappa shape index (κ2) is 7.51. The van der Waals surface area contributed by atoms with Gasteiger partial charge in [0.15, 0.2) is 0 Å². The molecule has 1 amide bonds. The van der Waals surface area contributed by atoms with Gasteiger partial charge in [0.05, 0.1) is 16.5 Å². The smallest absolute Gasteiger partial charge is 0.234 e. The second-order valence-electron chi connectivity index (χ2n) is 4.14. The quantitative estimate of drug-likeness (QED) is 0.622. The molecule has 3 N–H and O–H groups in total. The molecular weight excluding hydrogens is 270 g/mol. The Labute approximate surface area is 117 Å². The fourth-order valence-electron chi connectivity index (χ4n) is 1.23. The Balaban J connectivity index is 2.33. The molecule has 0 atom stereocenters. The summed E-state index contributed by atoms with van der Waals surface area (Å²) in [5, 5.41) is 3.28. The van der Waals surface area contributed by atoms with E-state index in [0.29, 0.717) is 22.2 Å². The van der Waals surface area contributed by atoms with Crippen molar-refractivity contribution in [3.8, 4) is 0 Å². The SMILES string of the molecule is CN(C)CCSCC(=O)Nc1ccc(Cl)c(N)c1. The molecule has 0 unspecified atom stereocenters. The van der Waals surface area contributed by atoms with Crippen molar-refractivity contribution in [2.45, 2.75) is 0 Å². The number of thioether (sulfide) groups is 1. The molecule has 0 saturated carbocycles. The van der Waals surface area contributed by atoms with E-state index in [-0.39, 0.29) is 5.91 Å². The Bertz CT molecular complexity index is 412. The molecule has 0 saturated heterocycles. The summed E-state index contributed by atoms with van der Waals surface area (Å²) in [6.07, 6.45) is 0. The molecule has 0 aromatic heterocycles. The van der Waals surface area contributed by atoms with E-state index in [1.54, 1.807) is 30.0 Å². The summed E-state index contributed by atoms with van der Waals surface area (Å²) in [5.41, 5.74) is 6.80. The molecule has 0 radical (unpaired) electrons. The van der Waals surface area contributed by atoms with Crippen LogP contribution in [0.3, 0.4) is 0 Å². The first-order valence-electron chi connectivity index (χ1n) is 5.56. The minimum Gasteiger partial charge on any atom is -0.397 e. The first-order chi connectivity index (χ1) is 8.49. The van der Waals surface area contributed by atoms with Crippen molar-refractivity contribution in [2.24, 2.45) is 0 Å². The Morgan fingerprint density at radius 2 is 2.22 bits per heavy atom. The molecule has 0 bridgehead atoms. The lowest BCUT2D eigenvalue weighted by molar-refractivity contribution is -0.113. The number of rotatable bonds is 6. The number of halogens is 1. The number of amides is 1. The number of hydrogen-bond donors (Lipinski definition) is 2. The van der Waals surface area contributed by atoms with Crippen LogP contribution in [0.4, 0.5) is 11.4 Å². The van der Waals surface area contributed by atoms with E-state index in [0.717, 1.165) is 12.3 Å². The number of anilines is 2. The minimum atomic E-state index is -0.0273. The van der Waals surface area contributed by atoms with Crippen molar-refractivity contribution in [2.75, 3.05) is 43.2 Å². The molecule has 1 aromatic carbocycles. The Morgan fingerprint density at radius 1 is 1.50 bits per heavy atom. The molecule has 1 aromatic rings. The van der Waals surface area contributed by atoms with E-state index in [2.05, 4.69) is 10.2 Å². The fraction of sp³-hybridized carbons (Fsp3) is 0.417. The van der Waals surface area contributed by atoms with E-state index in [1.165, 1.54) is 0 Å². The molecule has 1 rings (SSSR count). The van der Waals surface area contributed by atoms with Gasteiger partial charge in [0, 0.05) is 18.0 Å². The number of hydrogen-bond acceptors (Lipinski definition) is 4. The summed E-state index contributed by atoms with van der Waals surface area (Å²) < 4.78 is 0. The van der Waals surface area contributed by atoms with Gasteiger partial charge >= 0.3 is 0 Å². The molecule has 0 spiro atoms. The first kappa shape index (κ1) is 15.1. The third kappa shape index (κ3) is 5.62. The van der Waals surface area contributed by atoms with Gasteiger partial charge in [-0.3, -0.25) is 4.79 Å². The Morgan fingerprint density at radius 3 is 2.83 bits per heavy atom. The maximum Gasteiger partial charge on any atom is 0.234 e. The monoisotopic (exact) mass is 287 g/mol. The number of carbonyl (C=O) groups excluding carboxylic acids is 1. The summed E-state index contributed by atoms with van der Waals surface area (Å²) in [5.74, 6) is 1.35. The van der Waals surface area contributed by atoms with Gasteiger partial charge < -0.3 is 16.0 Å². The van der Waals surface area contributed by atoms with Gasteiger partial charge in [0.1, 0.15) is 0 Å². The number of nitrogens with two attached hydrogens (primary N) is 1. The van der Waals surface area contributed by atoms with Crippen LogP contribution >= 0.6 is 23.4 Å². The minimum absolute atomic E-state index is 0.0273. The van der Waals surface area contributed by atoms with Crippen molar-refractivity contribution in [3.05, 3.63) is 23.2 Å². The molecule has 0 aliphatic heterocycles. The fourth-order valence-corrected chi connectivity index (χ4v) is 2.24. The molecule has 4 nitrogen and oxygen atoms in total. The third-order valence-electron chi connectivity index (χ3n) is 2.20. The second-order valence-corrected chi connectivity index (χ2v) is 5.65. The summed E-state index contributed by atoms with van der Waals surface area (Å²) in [7, 11) is 4.02. The third-order valence-corrected chi connectivity index (χ3v) is 3.48. The van der Waals surface area contributed by atoms with Crippen LogP contribution in [0, 0.1) is 0 Å². The molecular formula is C12H18ClN3OS. The maximum atomic E-state index is 11.6. The van der Waals surface area contributed by atoms with Crippen LogP contribution in [0.25, 0.3) is 0 Å². The highest BCUT2D eigenvalue weighted by Gasteiger charge is 2.04. The molecule has 18 heavy (non-hydrogen) atoms. The Kier molecular flexibility index (Phi) is 6.32. The van der Waals surface area contributed by atoms with Gasteiger partial charge in [-0.25, -0.2) is 0 Å². The highest BCUT2D eigenvalue weighted by molar-refractivity contribution is 7.99. The van der Waals surface area contributed by atoms with Crippen molar-refractivity contribution in [1.29, 1.82) is 0 Å². The summed E-state index contributed by atoms with van der Waals surface area (Å²) in [6, 6.07) is 5.07. The predicted molar refractivity (Wildman–Crippen MR) is 80.4 cm³/mol. The average Bonchev–Trinajstić information content (AvgIpc) is 2.29. The van der Waals surface area contributed by atoms with Crippen molar-refractivity contribution in [1.82, 2.24) is 4.90 Å². The van der Waals surface area contributed by atoms with Gasteiger partial charge in [-0.15, -0.1) is 0 Å². The number of carbonyl (C=O) groups is 1. The topological polar surface area (TPSA) is 58.4 Å². The predicted octanol–water partition coefficient (Wildman–Crippen LogP) is 2.16. The van der Waals surface area contributed by atoms with Crippen LogP contribution in [-0.4, -0.2) is 43.0 Å². The van der Waals surface area contributed by atoms with Gasteiger partial charge in [-0.1, -0.05) is 11.6 Å². The van der Waals surface area contributed by atoms with E-state index >= 15 is 0 Å². The normalized spacial score (nSPS) is 10.7. The van der Waals surface area contributed by atoms with E-state index in [4.69, 9.17) is 17.3 Å². The Hall–Kier alpha value is -0.910. The standard InChI is InChI=1S/C12H18ClN3OS/c1-16(2)5-6-18-8-12(17)15-9-3-4-10(13)11(14)7-9/h3-4,7H,5-6,8,14H2,1-2H3,(H,15,17). The molecule has 0 fully saturated rings. The molecule has 0 aliphatic carbocycles. The number of benzene rings is 1. The molecule has 6 heteroatoms. The van der Waals surface area contributed by atoms with Crippen LogP contribution in [0.5, 0.6) is 0 Å². The van der Waals surface area contributed by atoms with Crippen LogP contribution < -0.4 is 11.1 Å². The molecule has 0 aliphatic rings. The van der Waals surface area contributed by atoms with E-state index < -0.39 is 0 Å². The van der Waals surface area contributed by atoms with Gasteiger partial charge in [-0.05, 0) is 32.3 Å². The maximum absolute atomic E-state index is 11.6. The van der Waals surface area contributed by atoms with E-state index in [9.17, 15) is 4.79 Å². The summed E-state index contributed by atoms with van der Waals surface area (Å²) in [6.45, 7) is 0.964. The van der Waals surface area contributed by atoms with Gasteiger partial charge in [0.2, 0.25) is 5.91 Å². The van der Waals surface area contributed by atoms with Gasteiger partial charge in [0.25, 0.3) is 0 Å². The molecule has 0 heterocycles. The zero-order chi connectivity index (χ0) is 13.5. The average molecular weight is 288 g/mol. The highest BCUT2D eigenvalue weighted by Crippen LogP contribution is 2.22. The van der Waals surface area contributed by atoms with Gasteiger partial charge in [-0.2, -0.15) is 11.8 Å². The van der Waals surface area contributed by atoms with E-state index in [1.807, 2.05) is 14.1 Å². The van der Waals surface area contributed by atoms with Crippen LogP contribution in [0.2, 0.25) is 5.02 Å². The van der Waals surface area contributed by atoms with Crippen LogP contribution in [0.15, 0.2) is 18.2 Å². The van der Waals surface area contributed by atoms with Crippen molar-refractivity contribution < 1.29 is 4.79 Å².